The molecule has 1 fully saturated rings. The molecule has 0 aromatic carbocycles. The second kappa shape index (κ2) is 6.53. The fraction of sp³-hybridized carbons (Fsp3) is 0.923. The van der Waals surface area contributed by atoms with Gasteiger partial charge >= 0.3 is 0 Å². The van der Waals surface area contributed by atoms with Crippen LogP contribution in [0.4, 0.5) is 0 Å². The van der Waals surface area contributed by atoms with Crippen LogP contribution in [-0.4, -0.2) is 29.6 Å². The Balaban J connectivity index is 2.38. The Morgan fingerprint density at radius 2 is 1.88 bits per heavy atom. The van der Waals surface area contributed by atoms with Crippen LogP contribution in [-0.2, 0) is 4.79 Å². The fourth-order valence-corrected chi connectivity index (χ4v) is 2.56. The molecule has 0 aliphatic heterocycles. The minimum absolute atomic E-state index is 0.145. The maximum Gasteiger partial charge on any atom is 0.235 e. The molecule has 1 amide bonds. The van der Waals surface area contributed by atoms with Gasteiger partial charge in [0.15, 0.2) is 0 Å². The van der Waals surface area contributed by atoms with Crippen LogP contribution in [0, 0.1) is 11.8 Å². The third-order valence-electron chi connectivity index (χ3n) is 3.52. The molecule has 1 saturated carbocycles. The highest BCUT2D eigenvalue weighted by molar-refractivity contribution is 7.81. The second-order valence-corrected chi connectivity index (χ2v) is 5.97. The summed E-state index contributed by atoms with van der Waals surface area (Å²) in [6, 6.07) is 0. The predicted octanol–water partition coefficient (Wildman–Crippen LogP) is 2.98. The van der Waals surface area contributed by atoms with Gasteiger partial charge in [0.1, 0.15) is 0 Å². The van der Waals surface area contributed by atoms with Crippen LogP contribution in [0.3, 0.4) is 0 Å². The lowest BCUT2D eigenvalue weighted by atomic mass is 9.89. The number of rotatable bonds is 4. The van der Waals surface area contributed by atoms with Gasteiger partial charge in [-0.2, -0.15) is 12.6 Å². The Labute approximate surface area is 105 Å². The summed E-state index contributed by atoms with van der Waals surface area (Å²) in [4.78, 5) is 13.9. The first-order valence-electron chi connectivity index (χ1n) is 6.45. The molecule has 16 heavy (non-hydrogen) atoms. The van der Waals surface area contributed by atoms with Crippen molar-refractivity contribution >= 4 is 18.5 Å². The van der Waals surface area contributed by atoms with Crippen LogP contribution in [0.25, 0.3) is 0 Å². The molecule has 0 radical (unpaired) electrons. The monoisotopic (exact) mass is 243 g/mol. The molecule has 1 aliphatic carbocycles. The van der Waals surface area contributed by atoms with E-state index in [0.29, 0.717) is 5.92 Å². The van der Waals surface area contributed by atoms with Crippen molar-refractivity contribution in [3.8, 4) is 0 Å². The van der Waals surface area contributed by atoms with Gasteiger partial charge in [-0.3, -0.25) is 4.79 Å². The van der Waals surface area contributed by atoms with Crippen LogP contribution in [0.15, 0.2) is 0 Å². The molecule has 1 rings (SSSR count). The average molecular weight is 243 g/mol. The predicted molar refractivity (Wildman–Crippen MR) is 71.8 cm³/mol. The maximum atomic E-state index is 12.0. The average Bonchev–Trinajstić information content (AvgIpc) is 2.28. The Bertz CT molecular complexity index is 224. The van der Waals surface area contributed by atoms with E-state index in [4.69, 9.17) is 0 Å². The van der Waals surface area contributed by atoms with Crippen LogP contribution >= 0.6 is 12.6 Å². The molecule has 1 unspecified atom stereocenters. The van der Waals surface area contributed by atoms with Crippen molar-refractivity contribution in [1.82, 2.24) is 4.90 Å². The molecule has 2 nitrogen and oxygen atoms in total. The summed E-state index contributed by atoms with van der Waals surface area (Å²) >= 11 is 4.39. The van der Waals surface area contributed by atoms with Gasteiger partial charge in [-0.15, -0.1) is 0 Å². The Hall–Kier alpha value is -0.180. The summed E-state index contributed by atoms with van der Waals surface area (Å²) in [5.74, 6) is 1.21. The van der Waals surface area contributed by atoms with E-state index in [1.54, 1.807) is 0 Å². The van der Waals surface area contributed by atoms with Crippen molar-refractivity contribution < 1.29 is 4.79 Å². The number of carbonyl (C=O) groups is 1. The maximum absolute atomic E-state index is 12.0. The summed E-state index contributed by atoms with van der Waals surface area (Å²) in [5.41, 5.74) is 0. The Morgan fingerprint density at radius 1 is 1.31 bits per heavy atom. The second-order valence-electron chi connectivity index (χ2n) is 5.41. The number of carbonyl (C=O) groups excluding carboxylic acids is 1. The van der Waals surface area contributed by atoms with E-state index < -0.39 is 0 Å². The van der Waals surface area contributed by atoms with Gasteiger partial charge in [0, 0.05) is 13.6 Å². The number of nitrogens with zero attached hydrogens (tertiary/aromatic N) is 1. The molecule has 0 aromatic rings. The minimum Gasteiger partial charge on any atom is -0.345 e. The normalized spacial score (nSPS) is 19.8. The third-order valence-corrected chi connectivity index (χ3v) is 4.33. The van der Waals surface area contributed by atoms with Crippen molar-refractivity contribution in [1.29, 1.82) is 0 Å². The molecule has 0 saturated heterocycles. The van der Waals surface area contributed by atoms with Gasteiger partial charge in [-0.25, -0.2) is 0 Å². The summed E-state index contributed by atoms with van der Waals surface area (Å²) in [7, 11) is 1.92. The summed E-state index contributed by atoms with van der Waals surface area (Å²) in [6.07, 6.45) is 6.62. The lowest BCUT2D eigenvalue weighted by Crippen LogP contribution is -2.39. The molecule has 0 spiro atoms. The fourth-order valence-electron chi connectivity index (χ4n) is 2.36. The van der Waals surface area contributed by atoms with E-state index in [1.807, 2.05) is 25.8 Å². The van der Waals surface area contributed by atoms with E-state index in [9.17, 15) is 4.79 Å². The first-order valence-corrected chi connectivity index (χ1v) is 6.97. The number of hydrogen-bond donors (Lipinski definition) is 1. The van der Waals surface area contributed by atoms with Gasteiger partial charge in [0.2, 0.25) is 5.91 Å². The van der Waals surface area contributed by atoms with E-state index in [2.05, 4.69) is 12.6 Å². The summed E-state index contributed by atoms with van der Waals surface area (Å²) in [6.45, 7) is 5.01. The summed E-state index contributed by atoms with van der Waals surface area (Å²) < 4.78 is 0. The highest BCUT2D eigenvalue weighted by atomic mass is 32.1. The molecule has 94 valence electrons. The molecule has 3 heteroatoms. The highest BCUT2D eigenvalue weighted by Gasteiger charge is 2.24. The highest BCUT2D eigenvalue weighted by Crippen LogP contribution is 2.24. The third kappa shape index (κ3) is 4.00. The molecule has 0 aromatic heterocycles. The van der Waals surface area contributed by atoms with E-state index in [0.717, 1.165) is 12.5 Å². The molecular formula is C13H25NOS. The van der Waals surface area contributed by atoms with Gasteiger partial charge in [0.25, 0.3) is 0 Å². The number of hydrogen-bond acceptors (Lipinski definition) is 2. The van der Waals surface area contributed by atoms with E-state index in [-0.39, 0.29) is 11.2 Å². The summed E-state index contributed by atoms with van der Waals surface area (Å²) in [5, 5.41) is -0.145. The largest absolute Gasteiger partial charge is 0.345 e. The molecule has 0 bridgehead atoms. The lowest BCUT2D eigenvalue weighted by Gasteiger charge is -2.29. The minimum atomic E-state index is -0.145. The van der Waals surface area contributed by atoms with Crippen LogP contribution in [0.5, 0.6) is 0 Å². The van der Waals surface area contributed by atoms with Crippen molar-refractivity contribution in [2.75, 3.05) is 13.6 Å². The van der Waals surface area contributed by atoms with E-state index >= 15 is 0 Å². The first kappa shape index (κ1) is 13.9. The van der Waals surface area contributed by atoms with Crippen LogP contribution in [0.1, 0.15) is 46.0 Å². The molecule has 1 aliphatic rings. The van der Waals surface area contributed by atoms with Crippen molar-refractivity contribution in [2.45, 2.75) is 51.2 Å². The number of amides is 1. The molecule has 0 heterocycles. The standard InChI is InChI=1S/C13H25NOS/c1-10(2)12(16)13(15)14(3)9-11-7-5-4-6-8-11/h10-12,16H,4-9H2,1-3H3. The Morgan fingerprint density at radius 3 is 2.38 bits per heavy atom. The number of thiol groups is 1. The lowest BCUT2D eigenvalue weighted by molar-refractivity contribution is -0.130. The van der Waals surface area contributed by atoms with Gasteiger partial charge in [-0.05, 0) is 24.7 Å². The topological polar surface area (TPSA) is 20.3 Å². The van der Waals surface area contributed by atoms with Crippen molar-refractivity contribution in [3.05, 3.63) is 0 Å². The zero-order chi connectivity index (χ0) is 12.1. The van der Waals surface area contributed by atoms with Gasteiger partial charge in [-0.1, -0.05) is 33.1 Å². The van der Waals surface area contributed by atoms with E-state index in [1.165, 1.54) is 32.1 Å². The Kier molecular flexibility index (Phi) is 5.67. The van der Waals surface area contributed by atoms with Gasteiger partial charge in [0.05, 0.1) is 5.25 Å². The quantitative estimate of drug-likeness (QED) is 0.753. The zero-order valence-corrected chi connectivity index (χ0v) is 11.7. The molecular weight excluding hydrogens is 218 g/mol. The van der Waals surface area contributed by atoms with Crippen molar-refractivity contribution in [2.24, 2.45) is 11.8 Å². The zero-order valence-electron chi connectivity index (χ0n) is 10.8. The SMILES string of the molecule is CC(C)C(S)C(=O)N(C)CC1CCCCC1. The molecule has 0 N–H and O–H groups in total. The molecule has 1 atom stereocenters. The van der Waals surface area contributed by atoms with Gasteiger partial charge < -0.3 is 4.90 Å². The van der Waals surface area contributed by atoms with Crippen LogP contribution < -0.4 is 0 Å². The smallest absolute Gasteiger partial charge is 0.235 e. The van der Waals surface area contributed by atoms with Crippen molar-refractivity contribution in [3.63, 3.8) is 0 Å². The first-order chi connectivity index (χ1) is 7.52. The van der Waals surface area contributed by atoms with Crippen LogP contribution in [0.2, 0.25) is 0 Å².